The van der Waals surface area contributed by atoms with Crippen molar-refractivity contribution in [1.82, 2.24) is 19.3 Å². The lowest BCUT2D eigenvalue weighted by Gasteiger charge is -2.18. The first-order valence-corrected chi connectivity index (χ1v) is 6.53. The Bertz CT molecular complexity index is 533. The molecular weight excluding hydrogens is 240 g/mol. The smallest absolute Gasteiger partial charge is 0.180 e. The van der Waals surface area contributed by atoms with Gasteiger partial charge in [0, 0.05) is 25.5 Å². The number of nitrogens with one attached hydrogen (secondary N) is 2. The molecule has 0 radical (unpaired) electrons. The Morgan fingerprint density at radius 3 is 2.89 bits per heavy atom. The first-order chi connectivity index (χ1) is 9.10. The van der Waals surface area contributed by atoms with Crippen LogP contribution in [-0.2, 0) is 0 Å². The Balaban J connectivity index is 2.16. The van der Waals surface area contributed by atoms with E-state index in [4.69, 9.17) is 0 Å². The van der Waals surface area contributed by atoms with Crippen molar-refractivity contribution < 1.29 is 0 Å². The molecule has 0 aliphatic carbocycles. The van der Waals surface area contributed by atoms with E-state index in [9.17, 15) is 0 Å². The number of hydrogen-bond donors (Lipinski definition) is 2. The van der Waals surface area contributed by atoms with Gasteiger partial charge in [0.15, 0.2) is 11.5 Å². The second kappa shape index (κ2) is 5.88. The van der Waals surface area contributed by atoms with Gasteiger partial charge in [-0.05, 0) is 34.0 Å². The summed E-state index contributed by atoms with van der Waals surface area (Å²) >= 11 is 0. The Morgan fingerprint density at radius 1 is 1.42 bits per heavy atom. The molecule has 104 valence electrons. The van der Waals surface area contributed by atoms with Crippen molar-refractivity contribution in [3.05, 3.63) is 18.6 Å². The molecule has 1 atom stereocenters. The van der Waals surface area contributed by atoms with Crippen molar-refractivity contribution in [2.75, 3.05) is 38.3 Å². The highest BCUT2D eigenvalue weighted by Crippen LogP contribution is 2.17. The Labute approximate surface area is 113 Å². The SMILES string of the molecule is CNc1cn2ccnc2c(NC(C)CCN(C)C)n1. The number of fused-ring (bicyclic) bond motifs is 1. The Morgan fingerprint density at radius 2 is 2.21 bits per heavy atom. The summed E-state index contributed by atoms with van der Waals surface area (Å²) < 4.78 is 1.97. The van der Waals surface area contributed by atoms with Gasteiger partial charge in [0.25, 0.3) is 0 Å². The third kappa shape index (κ3) is 3.35. The lowest BCUT2D eigenvalue weighted by Crippen LogP contribution is -2.23. The summed E-state index contributed by atoms with van der Waals surface area (Å²) in [6, 6.07) is 0.350. The summed E-state index contributed by atoms with van der Waals surface area (Å²) in [5.74, 6) is 1.65. The van der Waals surface area contributed by atoms with Crippen molar-refractivity contribution >= 4 is 17.3 Å². The summed E-state index contributed by atoms with van der Waals surface area (Å²) in [5, 5.41) is 6.50. The molecule has 19 heavy (non-hydrogen) atoms. The van der Waals surface area contributed by atoms with E-state index in [1.807, 2.05) is 23.8 Å². The van der Waals surface area contributed by atoms with E-state index in [1.54, 1.807) is 6.20 Å². The van der Waals surface area contributed by atoms with Gasteiger partial charge in [-0.25, -0.2) is 9.97 Å². The van der Waals surface area contributed by atoms with Crippen LogP contribution < -0.4 is 10.6 Å². The topological polar surface area (TPSA) is 57.5 Å². The standard InChI is InChI=1S/C13H22N6/c1-10(5-7-18(3)4)16-12-13-15-6-8-19(13)9-11(14-2)17-12/h6,8-10,14H,5,7H2,1-4H3,(H,16,17). The highest BCUT2D eigenvalue weighted by molar-refractivity contribution is 5.65. The summed E-state index contributed by atoms with van der Waals surface area (Å²) in [6.07, 6.45) is 6.70. The van der Waals surface area contributed by atoms with E-state index < -0.39 is 0 Å². The fourth-order valence-electron chi connectivity index (χ4n) is 1.91. The van der Waals surface area contributed by atoms with E-state index in [0.29, 0.717) is 6.04 Å². The average Bonchev–Trinajstić information content (AvgIpc) is 2.84. The molecule has 0 aliphatic rings. The Kier molecular flexibility index (Phi) is 4.21. The fourth-order valence-corrected chi connectivity index (χ4v) is 1.91. The largest absolute Gasteiger partial charge is 0.372 e. The predicted molar refractivity (Wildman–Crippen MR) is 78.8 cm³/mol. The van der Waals surface area contributed by atoms with Gasteiger partial charge < -0.3 is 19.9 Å². The van der Waals surface area contributed by atoms with E-state index in [-0.39, 0.29) is 0 Å². The molecule has 6 heteroatoms. The minimum Gasteiger partial charge on any atom is -0.372 e. The monoisotopic (exact) mass is 262 g/mol. The number of nitrogens with zero attached hydrogens (tertiary/aromatic N) is 4. The molecule has 0 fully saturated rings. The molecule has 0 aliphatic heterocycles. The fraction of sp³-hybridized carbons (Fsp3) is 0.538. The zero-order valence-electron chi connectivity index (χ0n) is 12.0. The zero-order chi connectivity index (χ0) is 13.8. The molecule has 1 unspecified atom stereocenters. The maximum Gasteiger partial charge on any atom is 0.180 e. The van der Waals surface area contributed by atoms with Crippen LogP contribution in [0.2, 0.25) is 0 Å². The maximum absolute atomic E-state index is 4.54. The lowest BCUT2D eigenvalue weighted by molar-refractivity contribution is 0.390. The van der Waals surface area contributed by atoms with Gasteiger partial charge in [-0.1, -0.05) is 0 Å². The summed E-state index contributed by atoms with van der Waals surface area (Å²) in [7, 11) is 6.03. The highest BCUT2D eigenvalue weighted by atomic mass is 15.1. The van der Waals surface area contributed by atoms with E-state index in [1.165, 1.54) is 0 Å². The number of aromatic nitrogens is 3. The molecule has 0 bridgehead atoms. The van der Waals surface area contributed by atoms with Crippen molar-refractivity contribution in [2.24, 2.45) is 0 Å². The molecule has 0 saturated carbocycles. The minimum absolute atomic E-state index is 0.350. The Hall–Kier alpha value is -1.82. The van der Waals surface area contributed by atoms with Crippen LogP contribution in [0.25, 0.3) is 5.65 Å². The first-order valence-electron chi connectivity index (χ1n) is 6.53. The van der Waals surface area contributed by atoms with Crippen molar-refractivity contribution in [3.8, 4) is 0 Å². The molecule has 0 aromatic carbocycles. The van der Waals surface area contributed by atoms with Gasteiger partial charge in [-0.2, -0.15) is 0 Å². The van der Waals surface area contributed by atoms with Crippen LogP contribution in [0.15, 0.2) is 18.6 Å². The molecule has 0 amide bonds. The quantitative estimate of drug-likeness (QED) is 0.826. The van der Waals surface area contributed by atoms with Crippen molar-refractivity contribution in [1.29, 1.82) is 0 Å². The third-order valence-electron chi connectivity index (χ3n) is 3.02. The maximum atomic E-state index is 4.54. The van der Waals surface area contributed by atoms with E-state index in [0.717, 1.165) is 30.2 Å². The van der Waals surface area contributed by atoms with Crippen molar-refractivity contribution in [3.63, 3.8) is 0 Å². The van der Waals surface area contributed by atoms with Gasteiger partial charge in [0.2, 0.25) is 0 Å². The van der Waals surface area contributed by atoms with Crippen LogP contribution >= 0.6 is 0 Å². The van der Waals surface area contributed by atoms with Crippen LogP contribution in [0.4, 0.5) is 11.6 Å². The molecule has 2 rings (SSSR count). The molecule has 2 heterocycles. The zero-order valence-corrected chi connectivity index (χ0v) is 12.0. The number of rotatable bonds is 6. The first kappa shape index (κ1) is 13.6. The van der Waals surface area contributed by atoms with Gasteiger partial charge >= 0.3 is 0 Å². The molecule has 0 saturated heterocycles. The summed E-state index contributed by atoms with van der Waals surface area (Å²) in [4.78, 5) is 11.1. The predicted octanol–water partition coefficient (Wildman–Crippen LogP) is 1.52. The minimum atomic E-state index is 0.350. The molecule has 6 nitrogen and oxygen atoms in total. The van der Waals surface area contributed by atoms with Crippen LogP contribution in [0.1, 0.15) is 13.3 Å². The highest BCUT2D eigenvalue weighted by Gasteiger charge is 2.10. The lowest BCUT2D eigenvalue weighted by atomic mass is 10.2. The summed E-state index contributed by atoms with van der Waals surface area (Å²) in [5.41, 5.74) is 0.857. The van der Waals surface area contributed by atoms with Gasteiger partial charge in [-0.3, -0.25) is 0 Å². The molecule has 2 aromatic heterocycles. The second-order valence-electron chi connectivity index (χ2n) is 5.02. The van der Waals surface area contributed by atoms with E-state index >= 15 is 0 Å². The number of imidazole rings is 1. The van der Waals surface area contributed by atoms with E-state index in [2.05, 4.69) is 46.5 Å². The van der Waals surface area contributed by atoms with Crippen LogP contribution in [-0.4, -0.2) is 53.0 Å². The molecule has 2 N–H and O–H groups in total. The van der Waals surface area contributed by atoms with Crippen molar-refractivity contribution in [2.45, 2.75) is 19.4 Å². The van der Waals surface area contributed by atoms with Crippen LogP contribution in [0.5, 0.6) is 0 Å². The second-order valence-corrected chi connectivity index (χ2v) is 5.02. The van der Waals surface area contributed by atoms with Crippen LogP contribution in [0, 0.1) is 0 Å². The van der Waals surface area contributed by atoms with Gasteiger partial charge in [0.1, 0.15) is 5.82 Å². The third-order valence-corrected chi connectivity index (χ3v) is 3.02. The molecule has 2 aromatic rings. The number of anilines is 2. The molecular formula is C13H22N6. The average molecular weight is 262 g/mol. The van der Waals surface area contributed by atoms with Crippen LogP contribution in [0.3, 0.4) is 0 Å². The normalized spacial score (nSPS) is 12.9. The summed E-state index contributed by atoms with van der Waals surface area (Å²) in [6.45, 7) is 3.21. The van der Waals surface area contributed by atoms with Gasteiger partial charge in [0.05, 0.1) is 6.20 Å². The number of hydrogen-bond acceptors (Lipinski definition) is 5. The molecule has 0 spiro atoms. The van der Waals surface area contributed by atoms with Gasteiger partial charge in [-0.15, -0.1) is 0 Å².